The van der Waals surface area contributed by atoms with E-state index in [9.17, 15) is 19.8 Å². The van der Waals surface area contributed by atoms with E-state index in [0.29, 0.717) is 25.9 Å². The molecule has 0 aromatic rings. The highest BCUT2D eigenvalue weighted by Gasteiger charge is 2.20. The van der Waals surface area contributed by atoms with Crippen LogP contribution in [0.25, 0.3) is 0 Å². The molecule has 0 saturated heterocycles. The first kappa shape index (κ1) is 75.9. The van der Waals surface area contributed by atoms with Crippen LogP contribution in [0.2, 0.25) is 0 Å². The summed E-state index contributed by atoms with van der Waals surface area (Å²) >= 11 is 0. The minimum Gasteiger partial charge on any atom is -0.466 e. The van der Waals surface area contributed by atoms with E-state index < -0.39 is 12.1 Å². The maximum absolute atomic E-state index is 12.4. The van der Waals surface area contributed by atoms with E-state index >= 15 is 0 Å². The largest absolute Gasteiger partial charge is 0.466 e. The number of carbonyl (C=O) groups excluding carboxylic acids is 2. The number of aliphatic hydroxyl groups is 2. The molecule has 0 bridgehead atoms. The van der Waals surface area contributed by atoms with E-state index in [1.54, 1.807) is 0 Å². The van der Waals surface area contributed by atoms with E-state index in [1.165, 1.54) is 347 Å². The van der Waals surface area contributed by atoms with Crippen LogP contribution in [0.1, 0.15) is 418 Å². The summed E-state index contributed by atoms with van der Waals surface area (Å²) in [6.45, 7) is 4.98. The first-order valence-electron chi connectivity index (χ1n) is 35.8. The minimum atomic E-state index is -0.657. The summed E-state index contributed by atoms with van der Waals surface area (Å²) in [5.41, 5.74) is 0. The Kier molecular flexibility index (Phi) is 66.4. The molecule has 2 atom stereocenters. The molecule has 0 heterocycles. The lowest BCUT2D eigenvalue weighted by Gasteiger charge is -2.22. The number of unbranched alkanes of at least 4 members (excludes halogenated alkanes) is 57. The van der Waals surface area contributed by atoms with Gasteiger partial charge in [-0.1, -0.05) is 380 Å². The van der Waals surface area contributed by atoms with Gasteiger partial charge >= 0.3 is 5.97 Å². The van der Waals surface area contributed by atoms with Crippen LogP contribution in [0.5, 0.6) is 0 Å². The highest BCUT2D eigenvalue weighted by molar-refractivity contribution is 5.76. The average molecular weight is 1090 g/mol. The van der Waals surface area contributed by atoms with Gasteiger partial charge in [-0.15, -0.1) is 0 Å². The van der Waals surface area contributed by atoms with Crippen LogP contribution >= 0.6 is 0 Å². The Labute approximate surface area is 483 Å². The Bertz CT molecular complexity index is 1120. The Morgan fingerprint density at radius 1 is 0.312 bits per heavy atom. The molecule has 0 rings (SSSR count). The summed E-state index contributed by atoms with van der Waals surface area (Å²) in [5, 5.41) is 23.2. The summed E-state index contributed by atoms with van der Waals surface area (Å²) in [4.78, 5) is 24.5. The average Bonchev–Trinajstić information content (AvgIpc) is 3.43. The van der Waals surface area contributed by atoms with Gasteiger partial charge in [-0.25, -0.2) is 0 Å². The first-order valence-corrected chi connectivity index (χ1v) is 35.8. The maximum Gasteiger partial charge on any atom is 0.305 e. The summed E-state index contributed by atoms with van der Waals surface area (Å²) in [5.74, 6) is -0.00243. The van der Waals surface area contributed by atoms with Gasteiger partial charge in [-0.05, 0) is 25.7 Å². The van der Waals surface area contributed by atoms with Crippen LogP contribution in [0.3, 0.4) is 0 Å². The predicted molar refractivity (Wildman–Crippen MR) is 338 cm³/mol. The molecule has 6 heteroatoms. The summed E-state index contributed by atoms with van der Waals surface area (Å²) in [6.07, 6.45) is 81.9. The number of nitrogens with one attached hydrogen (secondary N) is 1. The van der Waals surface area contributed by atoms with Crippen molar-refractivity contribution in [1.29, 1.82) is 0 Å². The van der Waals surface area contributed by atoms with Crippen molar-refractivity contribution in [3.05, 3.63) is 0 Å². The molecule has 6 nitrogen and oxygen atoms in total. The van der Waals surface area contributed by atoms with Crippen molar-refractivity contribution in [3.8, 4) is 0 Å². The van der Waals surface area contributed by atoms with Crippen LogP contribution in [-0.4, -0.2) is 47.4 Å². The van der Waals surface area contributed by atoms with Gasteiger partial charge in [0.15, 0.2) is 0 Å². The lowest BCUT2D eigenvalue weighted by Crippen LogP contribution is -2.45. The summed E-state index contributed by atoms with van der Waals surface area (Å²) in [6, 6.07) is -0.534. The van der Waals surface area contributed by atoms with Crippen molar-refractivity contribution in [1.82, 2.24) is 5.32 Å². The lowest BCUT2D eigenvalue weighted by molar-refractivity contribution is -0.143. The molecule has 3 N–H and O–H groups in total. The smallest absolute Gasteiger partial charge is 0.305 e. The van der Waals surface area contributed by atoms with Gasteiger partial charge in [-0.2, -0.15) is 0 Å². The van der Waals surface area contributed by atoms with Crippen molar-refractivity contribution in [2.24, 2.45) is 0 Å². The highest BCUT2D eigenvalue weighted by Crippen LogP contribution is 2.20. The third-order valence-electron chi connectivity index (χ3n) is 17.2. The molecule has 0 aromatic heterocycles. The number of carbonyl (C=O) groups is 2. The number of amides is 1. The van der Waals surface area contributed by atoms with Gasteiger partial charge in [0.05, 0.1) is 25.4 Å². The van der Waals surface area contributed by atoms with Crippen molar-refractivity contribution in [2.75, 3.05) is 13.2 Å². The fourth-order valence-electron chi connectivity index (χ4n) is 11.7. The zero-order valence-electron chi connectivity index (χ0n) is 52.7. The molecule has 0 aliphatic carbocycles. The molecule has 0 aromatic carbocycles. The van der Waals surface area contributed by atoms with E-state index in [1.807, 2.05) is 0 Å². The first-order chi connectivity index (χ1) is 38.0. The number of rotatable bonds is 68. The number of hydrogen-bond donors (Lipinski definition) is 3. The number of hydrogen-bond acceptors (Lipinski definition) is 5. The van der Waals surface area contributed by atoms with Crippen molar-refractivity contribution < 1.29 is 24.5 Å². The van der Waals surface area contributed by atoms with E-state index in [0.717, 1.165) is 38.5 Å². The van der Waals surface area contributed by atoms with Crippen molar-refractivity contribution in [3.63, 3.8) is 0 Å². The van der Waals surface area contributed by atoms with Gasteiger partial charge in [0.25, 0.3) is 0 Å². The fourth-order valence-corrected chi connectivity index (χ4v) is 11.7. The van der Waals surface area contributed by atoms with E-state index in [4.69, 9.17) is 4.74 Å². The topological polar surface area (TPSA) is 95.9 Å². The molecule has 1 amide bonds. The van der Waals surface area contributed by atoms with Gasteiger partial charge in [0.2, 0.25) is 5.91 Å². The molecule has 460 valence electrons. The highest BCUT2D eigenvalue weighted by atomic mass is 16.5. The second-order valence-electron chi connectivity index (χ2n) is 24.9. The SMILES string of the molecule is CCCCCCCCCCCCCCCC(=O)OCCCCCCCCCCCCCCCCCCCCCCCCCCCCCCCCCCCCCCCC(=O)NC(CO)C(O)CCCCCCCCCCCC. The molecular formula is C71H141NO5. The molecule has 0 spiro atoms. The Morgan fingerprint density at radius 2 is 0.532 bits per heavy atom. The molecule has 0 aliphatic rings. The molecule has 0 fully saturated rings. The van der Waals surface area contributed by atoms with Crippen LogP contribution < -0.4 is 5.32 Å². The molecule has 0 radical (unpaired) electrons. The van der Waals surface area contributed by atoms with Crippen LogP contribution in [0.4, 0.5) is 0 Å². The zero-order chi connectivity index (χ0) is 55.7. The number of aliphatic hydroxyl groups excluding tert-OH is 2. The quantitative estimate of drug-likeness (QED) is 0.0417. The molecular weight excluding hydrogens is 947 g/mol. The number of ether oxygens (including phenoxy) is 1. The summed E-state index contributed by atoms with van der Waals surface area (Å²) in [7, 11) is 0. The minimum absolute atomic E-state index is 0.0258. The second-order valence-corrected chi connectivity index (χ2v) is 24.9. The Morgan fingerprint density at radius 3 is 0.792 bits per heavy atom. The fraction of sp³-hybridized carbons (Fsp3) is 0.972. The maximum atomic E-state index is 12.4. The second kappa shape index (κ2) is 67.4. The normalized spacial score (nSPS) is 12.4. The third-order valence-corrected chi connectivity index (χ3v) is 17.2. The summed E-state index contributed by atoms with van der Waals surface area (Å²) < 4.78 is 5.49. The molecule has 77 heavy (non-hydrogen) atoms. The van der Waals surface area contributed by atoms with E-state index in [2.05, 4.69) is 19.2 Å². The Balaban J connectivity index is 3.25. The van der Waals surface area contributed by atoms with Crippen molar-refractivity contribution >= 4 is 11.9 Å². The standard InChI is InChI=1S/C71H141NO5/c1-3-5-7-9-11-13-15-41-45-49-53-57-61-65-71(76)77-66-62-58-54-50-46-43-40-38-36-34-32-30-28-26-24-22-20-18-16-17-19-21-23-25-27-29-31-33-35-37-39-42-44-48-52-56-60-64-70(75)72-68(67-73)69(74)63-59-55-51-47-14-12-10-8-6-4-2/h68-69,73-74H,3-67H2,1-2H3,(H,72,75). The monoisotopic (exact) mass is 1090 g/mol. The van der Waals surface area contributed by atoms with Crippen LogP contribution in [-0.2, 0) is 14.3 Å². The van der Waals surface area contributed by atoms with Crippen molar-refractivity contribution in [2.45, 2.75) is 431 Å². The lowest BCUT2D eigenvalue weighted by atomic mass is 10.0. The van der Waals surface area contributed by atoms with Gasteiger partial charge in [-0.3, -0.25) is 9.59 Å². The van der Waals surface area contributed by atoms with Gasteiger partial charge in [0, 0.05) is 12.8 Å². The Hall–Kier alpha value is -1.14. The zero-order valence-corrected chi connectivity index (χ0v) is 52.7. The number of esters is 1. The van der Waals surface area contributed by atoms with Gasteiger partial charge < -0.3 is 20.3 Å². The van der Waals surface area contributed by atoms with Crippen LogP contribution in [0, 0.1) is 0 Å². The molecule has 2 unspecified atom stereocenters. The predicted octanol–water partition coefficient (Wildman–Crippen LogP) is 23.0. The molecule has 0 saturated carbocycles. The third kappa shape index (κ3) is 63.9. The van der Waals surface area contributed by atoms with Crippen LogP contribution in [0.15, 0.2) is 0 Å². The molecule has 0 aliphatic heterocycles. The van der Waals surface area contributed by atoms with E-state index in [-0.39, 0.29) is 18.5 Å². The van der Waals surface area contributed by atoms with Gasteiger partial charge in [0.1, 0.15) is 0 Å².